The number of hydrogen-bond donors (Lipinski definition) is 2. The summed E-state index contributed by atoms with van der Waals surface area (Å²) in [5.41, 5.74) is 5.66. The summed E-state index contributed by atoms with van der Waals surface area (Å²) in [6.07, 6.45) is 0. The Labute approximate surface area is 73.1 Å². The van der Waals surface area contributed by atoms with Crippen LogP contribution >= 0.6 is 0 Å². The lowest BCUT2D eigenvalue weighted by molar-refractivity contribution is -0.128. The average Bonchev–Trinajstić information content (AvgIpc) is 1.98. The molecule has 0 aromatic carbocycles. The molecule has 0 spiro atoms. The van der Waals surface area contributed by atoms with E-state index in [2.05, 4.69) is 10.2 Å². The first kappa shape index (κ1) is 9.48. The Morgan fingerprint density at radius 3 is 3.08 bits per heavy atom. The number of nitrogens with one attached hydrogen (secondary N) is 1. The smallest absolute Gasteiger partial charge is 0.237 e. The lowest BCUT2D eigenvalue weighted by Crippen LogP contribution is -2.56. The van der Waals surface area contributed by atoms with Gasteiger partial charge in [-0.05, 0) is 13.8 Å². The molecule has 1 heterocycles. The number of nitrogens with zero attached hydrogens (tertiary/aromatic N) is 1. The van der Waals surface area contributed by atoms with Gasteiger partial charge in [0.25, 0.3) is 0 Å². The number of carbonyl (C=O) groups excluding carboxylic acids is 1. The number of nitrogens with two attached hydrogens (primary N) is 1. The van der Waals surface area contributed by atoms with E-state index in [4.69, 9.17) is 5.73 Å². The summed E-state index contributed by atoms with van der Waals surface area (Å²) in [4.78, 5) is 13.3. The molecule has 2 unspecified atom stereocenters. The minimum Gasteiger partial charge on any atom is -0.353 e. The molecule has 0 aromatic heterocycles. The number of piperazine rings is 1. The molecular formula is C8H17N3O. The van der Waals surface area contributed by atoms with Crippen LogP contribution < -0.4 is 11.1 Å². The highest BCUT2D eigenvalue weighted by atomic mass is 16.2. The van der Waals surface area contributed by atoms with Crippen molar-refractivity contribution in [1.29, 1.82) is 0 Å². The molecule has 1 amide bonds. The molecule has 1 aliphatic heterocycles. The fourth-order valence-electron chi connectivity index (χ4n) is 1.45. The zero-order chi connectivity index (χ0) is 9.14. The van der Waals surface area contributed by atoms with Crippen molar-refractivity contribution >= 4 is 5.91 Å². The standard InChI is InChI=1S/C8H17N3O/c1-6(9)5-11-4-3-10-8(12)7(11)2/h6-7H,3-5,9H2,1-2H3,(H,10,12). The van der Waals surface area contributed by atoms with Crippen molar-refractivity contribution in [2.75, 3.05) is 19.6 Å². The van der Waals surface area contributed by atoms with Gasteiger partial charge in [0.2, 0.25) is 5.91 Å². The molecule has 0 saturated carbocycles. The van der Waals surface area contributed by atoms with Crippen LogP contribution in [0.3, 0.4) is 0 Å². The molecule has 0 bridgehead atoms. The van der Waals surface area contributed by atoms with Gasteiger partial charge < -0.3 is 11.1 Å². The first-order valence-corrected chi connectivity index (χ1v) is 4.38. The quantitative estimate of drug-likeness (QED) is 0.569. The van der Waals surface area contributed by atoms with E-state index in [-0.39, 0.29) is 18.0 Å². The fraction of sp³-hybridized carbons (Fsp3) is 0.875. The molecule has 1 fully saturated rings. The highest BCUT2D eigenvalue weighted by molar-refractivity contribution is 5.81. The van der Waals surface area contributed by atoms with Gasteiger partial charge in [0.1, 0.15) is 0 Å². The van der Waals surface area contributed by atoms with Crippen molar-refractivity contribution in [3.63, 3.8) is 0 Å². The monoisotopic (exact) mass is 171 g/mol. The van der Waals surface area contributed by atoms with E-state index in [1.807, 2.05) is 13.8 Å². The molecule has 3 N–H and O–H groups in total. The maximum Gasteiger partial charge on any atom is 0.237 e. The first-order valence-electron chi connectivity index (χ1n) is 4.38. The Morgan fingerprint density at radius 2 is 2.50 bits per heavy atom. The van der Waals surface area contributed by atoms with Crippen molar-refractivity contribution in [3.8, 4) is 0 Å². The third kappa shape index (κ3) is 2.19. The van der Waals surface area contributed by atoms with Crippen LogP contribution in [0.4, 0.5) is 0 Å². The summed E-state index contributed by atoms with van der Waals surface area (Å²) < 4.78 is 0. The minimum absolute atomic E-state index is 0.0234. The Morgan fingerprint density at radius 1 is 1.83 bits per heavy atom. The van der Waals surface area contributed by atoms with Gasteiger partial charge in [-0.25, -0.2) is 0 Å². The van der Waals surface area contributed by atoms with Crippen molar-refractivity contribution in [1.82, 2.24) is 10.2 Å². The summed E-state index contributed by atoms with van der Waals surface area (Å²) in [5.74, 6) is 0.113. The van der Waals surface area contributed by atoms with Crippen LogP contribution in [0, 0.1) is 0 Å². The van der Waals surface area contributed by atoms with Crippen molar-refractivity contribution < 1.29 is 4.79 Å². The van der Waals surface area contributed by atoms with Crippen molar-refractivity contribution in [2.24, 2.45) is 5.73 Å². The second-order valence-corrected chi connectivity index (χ2v) is 3.44. The van der Waals surface area contributed by atoms with E-state index in [9.17, 15) is 4.79 Å². The molecule has 70 valence electrons. The van der Waals surface area contributed by atoms with Crippen LogP contribution in [0.1, 0.15) is 13.8 Å². The van der Waals surface area contributed by atoms with Crippen LogP contribution in [0.5, 0.6) is 0 Å². The highest BCUT2D eigenvalue weighted by Crippen LogP contribution is 2.03. The maximum absolute atomic E-state index is 11.2. The first-order chi connectivity index (χ1) is 5.61. The summed E-state index contributed by atoms with van der Waals surface area (Å²) in [7, 11) is 0. The van der Waals surface area contributed by atoms with Gasteiger partial charge in [0.05, 0.1) is 6.04 Å². The summed E-state index contributed by atoms with van der Waals surface area (Å²) in [6, 6.07) is 0.114. The fourth-order valence-corrected chi connectivity index (χ4v) is 1.45. The molecule has 1 rings (SSSR count). The van der Waals surface area contributed by atoms with E-state index < -0.39 is 0 Å². The third-order valence-electron chi connectivity index (χ3n) is 2.15. The Bertz CT molecular complexity index is 170. The molecule has 4 nitrogen and oxygen atoms in total. The molecule has 1 saturated heterocycles. The van der Waals surface area contributed by atoms with Gasteiger partial charge in [0, 0.05) is 25.7 Å². The SMILES string of the molecule is CC(N)CN1CCNC(=O)C1C. The average molecular weight is 171 g/mol. The predicted molar refractivity (Wildman–Crippen MR) is 47.7 cm³/mol. The Kier molecular flexibility index (Phi) is 3.05. The van der Waals surface area contributed by atoms with Crippen LogP contribution in [-0.4, -0.2) is 42.5 Å². The molecule has 12 heavy (non-hydrogen) atoms. The van der Waals surface area contributed by atoms with Gasteiger partial charge >= 0.3 is 0 Å². The lowest BCUT2D eigenvalue weighted by Gasteiger charge is -2.33. The number of carbonyl (C=O) groups is 1. The van der Waals surface area contributed by atoms with E-state index in [0.717, 1.165) is 19.6 Å². The van der Waals surface area contributed by atoms with Gasteiger partial charge in [-0.3, -0.25) is 9.69 Å². The summed E-state index contributed by atoms with van der Waals surface area (Å²) >= 11 is 0. The van der Waals surface area contributed by atoms with Crippen LogP contribution in [-0.2, 0) is 4.79 Å². The Balaban J connectivity index is 2.46. The van der Waals surface area contributed by atoms with Crippen LogP contribution in [0.15, 0.2) is 0 Å². The third-order valence-corrected chi connectivity index (χ3v) is 2.15. The van der Waals surface area contributed by atoms with E-state index >= 15 is 0 Å². The molecule has 4 heteroatoms. The topological polar surface area (TPSA) is 58.4 Å². The molecular weight excluding hydrogens is 154 g/mol. The lowest BCUT2D eigenvalue weighted by atomic mass is 10.2. The van der Waals surface area contributed by atoms with Crippen molar-refractivity contribution in [3.05, 3.63) is 0 Å². The zero-order valence-electron chi connectivity index (χ0n) is 7.71. The summed E-state index contributed by atoms with van der Waals surface area (Å²) in [6.45, 7) is 6.33. The zero-order valence-corrected chi connectivity index (χ0v) is 7.71. The molecule has 1 aliphatic rings. The van der Waals surface area contributed by atoms with E-state index in [1.165, 1.54) is 0 Å². The normalized spacial score (nSPS) is 28.2. The minimum atomic E-state index is -0.0234. The largest absolute Gasteiger partial charge is 0.353 e. The van der Waals surface area contributed by atoms with Crippen LogP contribution in [0.25, 0.3) is 0 Å². The second kappa shape index (κ2) is 3.87. The number of amides is 1. The number of rotatable bonds is 2. The molecule has 0 radical (unpaired) electrons. The van der Waals surface area contributed by atoms with Gasteiger partial charge in [-0.15, -0.1) is 0 Å². The second-order valence-electron chi connectivity index (χ2n) is 3.44. The molecule has 2 atom stereocenters. The maximum atomic E-state index is 11.2. The highest BCUT2D eigenvalue weighted by Gasteiger charge is 2.25. The summed E-state index contributed by atoms with van der Waals surface area (Å²) in [5, 5.41) is 2.81. The van der Waals surface area contributed by atoms with Crippen molar-refractivity contribution in [2.45, 2.75) is 25.9 Å². The van der Waals surface area contributed by atoms with Gasteiger partial charge in [0.15, 0.2) is 0 Å². The van der Waals surface area contributed by atoms with Gasteiger partial charge in [-0.1, -0.05) is 0 Å². The Hall–Kier alpha value is -0.610. The van der Waals surface area contributed by atoms with E-state index in [0.29, 0.717) is 0 Å². The predicted octanol–water partition coefficient (Wildman–Crippen LogP) is -0.846. The molecule has 0 aromatic rings. The van der Waals surface area contributed by atoms with Crippen LogP contribution in [0.2, 0.25) is 0 Å². The molecule has 0 aliphatic carbocycles. The van der Waals surface area contributed by atoms with Gasteiger partial charge in [-0.2, -0.15) is 0 Å². The van der Waals surface area contributed by atoms with E-state index in [1.54, 1.807) is 0 Å². The number of hydrogen-bond acceptors (Lipinski definition) is 3.